The summed E-state index contributed by atoms with van der Waals surface area (Å²) in [5, 5.41) is 2.10. The number of benzene rings is 6. The fourth-order valence-electron chi connectivity index (χ4n) is 7.04. The van der Waals surface area contributed by atoms with Gasteiger partial charge in [-0.2, -0.15) is 0 Å². The van der Waals surface area contributed by atoms with Crippen LogP contribution < -0.4 is 0 Å². The molecule has 0 aliphatic heterocycles. The minimum Gasteiger partial charge on any atom is -0.455 e. The number of hydrogen-bond acceptors (Lipinski definition) is 4. The quantitative estimate of drug-likeness (QED) is 0.204. The molecule has 0 fully saturated rings. The Morgan fingerprint density at radius 2 is 1.04 bits per heavy atom. The van der Waals surface area contributed by atoms with Gasteiger partial charge in [0.25, 0.3) is 0 Å². The van der Waals surface area contributed by atoms with Crippen molar-refractivity contribution >= 4 is 21.9 Å². The molecule has 0 saturated carbocycles. The second-order valence-corrected chi connectivity index (χ2v) is 12.4. The SMILES string of the molecule is CC1(C)c2ccccc2-c2ccc(-c3ccc4c(oc5ccccc54)c3-c3nc(-c4ccccc4)nc(-c4ccccc4)n3)cc21. The molecule has 0 spiro atoms. The normalized spacial score (nSPS) is 13.2. The first-order chi connectivity index (χ1) is 22.6. The standard InChI is InChI=1S/C42H29N3O/c1-42(2)34-19-11-9-17-30(34)31-22-21-28(25-35(31)42)29-23-24-33-32-18-10-12-20-36(32)46-38(33)37(29)41-44-39(26-13-5-3-6-14-26)43-40(45-41)27-15-7-4-8-16-27/h3-25H,1-2H3. The highest BCUT2D eigenvalue weighted by atomic mass is 16.3. The van der Waals surface area contributed by atoms with E-state index < -0.39 is 0 Å². The highest BCUT2D eigenvalue weighted by Crippen LogP contribution is 2.50. The second kappa shape index (κ2) is 10.1. The first-order valence-electron chi connectivity index (χ1n) is 15.6. The molecule has 1 aliphatic carbocycles. The van der Waals surface area contributed by atoms with Gasteiger partial charge in [-0.1, -0.05) is 135 Å². The molecule has 0 saturated heterocycles. The molecule has 0 amide bonds. The predicted molar refractivity (Wildman–Crippen MR) is 186 cm³/mol. The lowest BCUT2D eigenvalue weighted by atomic mass is 9.81. The molecule has 1 aliphatic rings. The van der Waals surface area contributed by atoms with Crippen molar-refractivity contribution in [3.05, 3.63) is 151 Å². The van der Waals surface area contributed by atoms with Gasteiger partial charge in [-0.15, -0.1) is 0 Å². The Morgan fingerprint density at radius 3 is 1.78 bits per heavy atom. The molecular weight excluding hydrogens is 562 g/mol. The molecule has 9 rings (SSSR count). The molecule has 0 N–H and O–H groups in total. The molecule has 0 atom stereocenters. The summed E-state index contributed by atoms with van der Waals surface area (Å²) in [5.74, 6) is 1.82. The Morgan fingerprint density at radius 1 is 0.457 bits per heavy atom. The molecule has 0 unspecified atom stereocenters. The van der Waals surface area contributed by atoms with Crippen LogP contribution in [0.2, 0.25) is 0 Å². The van der Waals surface area contributed by atoms with Crippen LogP contribution in [-0.4, -0.2) is 15.0 Å². The van der Waals surface area contributed by atoms with Crippen molar-refractivity contribution in [2.24, 2.45) is 0 Å². The van der Waals surface area contributed by atoms with Crippen LogP contribution in [0.25, 0.3) is 78.4 Å². The maximum absolute atomic E-state index is 6.68. The lowest BCUT2D eigenvalue weighted by Crippen LogP contribution is -2.14. The van der Waals surface area contributed by atoms with Crippen molar-refractivity contribution in [3.8, 4) is 56.4 Å². The zero-order chi connectivity index (χ0) is 30.8. The summed E-state index contributed by atoms with van der Waals surface area (Å²) >= 11 is 0. The van der Waals surface area contributed by atoms with Gasteiger partial charge in [0.15, 0.2) is 17.5 Å². The van der Waals surface area contributed by atoms with Crippen molar-refractivity contribution < 1.29 is 4.42 Å². The number of furan rings is 1. The largest absolute Gasteiger partial charge is 0.455 e. The molecular formula is C42H29N3O. The summed E-state index contributed by atoms with van der Waals surface area (Å²) in [6.45, 7) is 4.63. The topological polar surface area (TPSA) is 51.8 Å². The zero-order valence-corrected chi connectivity index (χ0v) is 25.5. The van der Waals surface area contributed by atoms with Crippen LogP contribution in [0.3, 0.4) is 0 Å². The van der Waals surface area contributed by atoms with Gasteiger partial charge in [0.1, 0.15) is 11.2 Å². The van der Waals surface area contributed by atoms with Crippen LogP contribution in [0.4, 0.5) is 0 Å². The summed E-state index contributed by atoms with van der Waals surface area (Å²) in [7, 11) is 0. The third-order valence-electron chi connectivity index (χ3n) is 9.36. The van der Waals surface area contributed by atoms with E-state index in [4.69, 9.17) is 19.4 Å². The van der Waals surface area contributed by atoms with Crippen LogP contribution in [0.15, 0.2) is 144 Å². The summed E-state index contributed by atoms with van der Waals surface area (Å²) in [4.78, 5) is 15.3. The van der Waals surface area contributed by atoms with E-state index in [1.165, 1.54) is 22.3 Å². The van der Waals surface area contributed by atoms with E-state index in [0.29, 0.717) is 17.5 Å². The third-order valence-corrected chi connectivity index (χ3v) is 9.36. The van der Waals surface area contributed by atoms with E-state index >= 15 is 0 Å². The van der Waals surface area contributed by atoms with Gasteiger partial charge < -0.3 is 4.42 Å². The molecule has 6 aromatic carbocycles. The molecule has 2 aromatic heterocycles. The summed E-state index contributed by atoms with van der Waals surface area (Å²) < 4.78 is 6.68. The van der Waals surface area contributed by atoms with Gasteiger partial charge >= 0.3 is 0 Å². The van der Waals surface area contributed by atoms with Crippen molar-refractivity contribution in [2.45, 2.75) is 19.3 Å². The lowest BCUT2D eigenvalue weighted by molar-refractivity contribution is 0.660. The fraction of sp³-hybridized carbons (Fsp3) is 0.0714. The van der Waals surface area contributed by atoms with E-state index in [9.17, 15) is 0 Å². The van der Waals surface area contributed by atoms with Gasteiger partial charge in [-0.05, 0) is 51.6 Å². The number of aromatic nitrogens is 3. The number of hydrogen-bond donors (Lipinski definition) is 0. The van der Waals surface area contributed by atoms with Crippen molar-refractivity contribution in [1.82, 2.24) is 15.0 Å². The third kappa shape index (κ3) is 4.04. The van der Waals surface area contributed by atoms with E-state index in [1.54, 1.807) is 0 Å². The van der Waals surface area contributed by atoms with E-state index in [2.05, 4.69) is 80.6 Å². The average molecular weight is 592 g/mol. The first kappa shape index (κ1) is 26.5. The first-order valence-corrected chi connectivity index (χ1v) is 15.6. The van der Waals surface area contributed by atoms with Gasteiger partial charge in [-0.25, -0.2) is 15.0 Å². The lowest BCUT2D eigenvalue weighted by Gasteiger charge is -2.22. The molecule has 4 nitrogen and oxygen atoms in total. The number of nitrogens with zero attached hydrogens (tertiary/aromatic N) is 3. The summed E-state index contributed by atoms with van der Waals surface area (Å²) in [5.41, 5.74) is 11.6. The summed E-state index contributed by atoms with van der Waals surface area (Å²) in [6.07, 6.45) is 0. The molecule has 4 heteroatoms. The predicted octanol–water partition coefficient (Wildman–Crippen LogP) is 10.7. The molecule has 0 radical (unpaired) electrons. The fourth-order valence-corrected chi connectivity index (χ4v) is 7.04. The monoisotopic (exact) mass is 591 g/mol. The Bertz CT molecular complexity index is 2380. The minimum absolute atomic E-state index is 0.125. The molecule has 8 aromatic rings. The van der Waals surface area contributed by atoms with Gasteiger partial charge in [0, 0.05) is 27.3 Å². The highest BCUT2D eigenvalue weighted by molar-refractivity contribution is 6.12. The zero-order valence-electron chi connectivity index (χ0n) is 25.5. The van der Waals surface area contributed by atoms with Crippen LogP contribution in [0, 0.1) is 0 Å². The maximum Gasteiger partial charge on any atom is 0.168 e. The smallest absolute Gasteiger partial charge is 0.168 e. The number of rotatable bonds is 4. The van der Waals surface area contributed by atoms with Crippen molar-refractivity contribution in [3.63, 3.8) is 0 Å². The Balaban J connectivity index is 1.35. The molecule has 46 heavy (non-hydrogen) atoms. The van der Waals surface area contributed by atoms with Crippen LogP contribution in [-0.2, 0) is 5.41 Å². The maximum atomic E-state index is 6.68. The average Bonchev–Trinajstić information content (AvgIpc) is 3.60. The van der Waals surface area contributed by atoms with Crippen molar-refractivity contribution in [2.75, 3.05) is 0 Å². The van der Waals surface area contributed by atoms with Gasteiger partial charge in [-0.3, -0.25) is 0 Å². The summed E-state index contributed by atoms with van der Waals surface area (Å²) in [6, 6.07) is 48.3. The highest BCUT2D eigenvalue weighted by Gasteiger charge is 2.35. The van der Waals surface area contributed by atoms with E-state index in [0.717, 1.165) is 49.8 Å². The van der Waals surface area contributed by atoms with Gasteiger partial charge in [0.05, 0.1) is 5.56 Å². The van der Waals surface area contributed by atoms with Gasteiger partial charge in [0.2, 0.25) is 0 Å². The molecule has 2 heterocycles. The van der Waals surface area contributed by atoms with Crippen LogP contribution >= 0.6 is 0 Å². The Hall–Kier alpha value is -5.87. The van der Waals surface area contributed by atoms with Crippen molar-refractivity contribution in [1.29, 1.82) is 0 Å². The van der Waals surface area contributed by atoms with Crippen LogP contribution in [0.5, 0.6) is 0 Å². The van der Waals surface area contributed by atoms with E-state index in [1.807, 2.05) is 72.8 Å². The molecule has 218 valence electrons. The number of fused-ring (bicyclic) bond motifs is 6. The minimum atomic E-state index is -0.125. The van der Waals surface area contributed by atoms with Crippen LogP contribution in [0.1, 0.15) is 25.0 Å². The molecule has 0 bridgehead atoms. The number of para-hydroxylation sites is 1. The Labute approximate surface area is 267 Å². The second-order valence-electron chi connectivity index (χ2n) is 12.4. The Kier molecular flexibility index (Phi) is 5.81. The van der Waals surface area contributed by atoms with E-state index in [-0.39, 0.29) is 5.41 Å².